The van der Waals surface area contributed by atoms with Crippen LogP contribution in [0.4, 0.5) is 13.2 Å². The average molecular weight is 449 g/mol. The Bertz CT molecular complexity index is 1300. The van der Waals surface area contributed by atoms with E-state index >= 15 is 0 Å². The van der Waals surface area contributed by atoms with Crippen LogP contribution in [0.15, 0.2) is 47.4 Å². The van der Waals surface area contributed by atoms with E-state index in [1.807, 2.05) is 0 Å². The summed E-state index contributed by atoms with van der Waals surface area (Å²) >= 11 is 0. The molecule has 3 rings (SSSR count). The van der Waals surface area contributed by atoms with Crippen molar-refractivity contribution in [3.63, 3.8) is 0 Å². The molecule has 0 saturated heterocycles. The number of benzene rings is 2. The summed E-state index contributed by atoms with van der Waals surface area (Å²) in [6.45, 7) is 3.12. The first-order chi connectivity index (χ1) is 14.5. The number of methoxy groups -OCH3 is 1. The zero-order valence-electron chi connectivity index (χ0n) is 16.8. The number of ether oxygens (including phenoxy) is 1. The second-order valence-electron chi connectivity index (χ2n) is 6.60. The van der Waals surface area contributed by atoms with Crippen LogP contribution < -0.4 is 9.88 Å². The third-order valence-electron chi connectivity index (χ3n) is 4.51. The molecule has 3 aromatic rings. The van der Waals surface area contributed by atoms with Crippen LogP contribution in [0.25, 0.3) is 22.4 Å². The van der Waals surface area contributed by atoms with E-state index in [9.17, 15) is 21.6 Å². The predicted molar refractivity (Wildman–Crippen MR) is 110 cm³/mol. The SMILES string of the molecule is CC#Cn1nc(-c2ccc(S(N)(=O)=O)cc2)c(-c2ccc(OC)c(C)c2)c1C(F)(F)F. The Hall–Kier alpha value is -3.29. The van der Waals surface area contributed by atoms with Crippen LogP contribution in [0, 0.1) is 18.9 Å². The molecule has 0 saturated carbocycles. The van der Waals surface area contributed by atoms with Crippen LogP contribution in [0.1, 0.15) is 18.2 Å². The fraction of sp³-hybridized carbons (Fsp3) is 0.190. The van der Waals surface area contributed by atoms with Crippen molar-refractivity contribution >= 4 is 10.0 Å². The van der Waals surface area contributed by atoms with E-state index in [1.165, 1.54) is 44.4 Å². The molecule has 1 heterocycles. The number of hydrogen-bond donors (Lipinski definition) is 1. The summed E-state index contributed by atoms with van der Waals surface area (Å²) in [6.07, 6.45) is -4.75. The number of sulfonamides is 1. The zero-order chi connectivity index (χ0) is 23.0. The van der Waals surface area contributed by atoms with Gasteiger partial charge in [-0.2, -0.15) is 23.0 Å². The predicted octanol–water partition coefficient (Wildman–Crippen LogP) is 4.03. The molecule has 162 valence electrons. The summed E-state index contributed by atoms with van der Waals surface area (Å²) in [5.74, 6) is 2.96. The highest BCUT2D eigenvalue weighted by molar-refractivity contribution is 7.89. The van der Waals surface area contributed by atoms with Crippen molar-refractivity contribution in [1.82, 2.24) is 9.78 Å². The first-order valence-electron chi connectivity index (χ1n) is 8.88. The van der Waals surface area contributed by atoms with Crippen LogP contribution >= 0.6 is 0 Å². The van der Waals surface area contributed by atoms with Crippen LogP contribution in [0.5, 0.6) is 5.75 Å². The Morgan fingerprint density at radius 1 is 1.10 bits per heavy atom. The van der Waals surface area contributed by atoms with E-state index in [0.29, 0.717) is 16.0 Å². The lowest BCUT2D eigenvalue weighted by Crippen LogP contribution is -2.13. The normalized spacial score (nSPS) is 11.7. The molecule has 31 heavy (non-hydrogen) atoms. The van der Waals surface area contributed by atoms with E-state index in [2.05, 4.69) is 17.1 Å². The maximum Gasteiger partial charge on any atom is 0.434 e. The van der Waals surface area contributed by atoms with Crippen LogP contribution in [-0.2, 0) is 16.2 Å². The third-order valence-corrected chi connectivity index (χ3v) is 5.44. The van der Waals surface area contributed by atoms with Gasteiger partial charge < -0.3 is 4.74 Å². The molecule has 0 aliphatic heterocycles. The van der Waals surface area contributed by atoms with Gasteiger partial charge in [0.25, 0.3) is 0 Å². The second kappa shape index (κ2) is 8.09. The van der Waals surface area contributed by atoms with Crippen molar-refractivity contribution in [3.8, 4) is 40.1 Å². The molecule has 0 unspecified atom stereocenters. The van der Waals surface area contributed by atoms with Gasteiger partial charge in [-0.05, 0) is 49.2 Å². The molecular weight excluding hydrogens is 431 g/mol. The topological polar surface area (TPSA) is 87.2 Å². The molecular formula is C21H18F3N3O3S. The summed E-state index contributed by atoms with van der Waals surface area (Å²) in [5.41, 5.74) is -0.0294. The van der Waals surface area contributed by atoms with Gasteiger partial charge in [0.05, 0.1) is 12.0 Å². The number of aromatic nitrogens is 2. The number of nitrogens with two attached hydrogens (primary N) is 1. The number of halogens is 3. The van der Waals surface area contributed by atoms with E-state index in [1.54, 1.807) is 19.1 Å². The Balaban J connectivity index is 2.35. The van der Waals surface area contributed by atoms with Gasteiger partial charge in [0.15, 0.2) is 5.69 Å². The maximum atomic E-state index is 14.1. The smallest absolute Gasteiger partial charge is 0.434 e. The van der Waals surface area contributed by atoms with E-state index in [-0.39, 0.29) is 27.3 Å². The summed E-state index contributed by atoms with van der Waals surface area (Å²) in [4.78, 5) is -0.165. The fourth-order valence-electron chi connectivity index (χ4n) is 3.18. The molecule has 0 aliphatic rings. The van der Waals surface area contributed by atoms with Gasteiger partial charge in [0.2, 0.25) is 10.0 Å². The summed E-state index contributed by atoms with van der Waals surface area (Å²) in [7, 11) is -2.49. The Morgan fingerprint density at radius 3 is 2.19 bits per heavy atom. The lowest BCUT2D eigenvalue weighted by atomic mass is 9.97. The van der Waals surface area contributed by atoms with Crippen molar-refractivity contribution in [1.29, 1.82) is 0 Å². The molecule has 0 atom stereocenters. The minimum atomic E-state index is -4.75. The van der Waals surface area contributed by atoms with Gasteiger partial charge in [-0.15, -0.1) is 0 Å². The molecule has 2 aromatic carbocycles. The molecule has 2 N–H and O–H groups in total. The van der Waals surface area contributed by atoms with Crippen molar-refractivity contribution < 1.29 is 26.3 Å². The monoisotopic (exact) mass is 449 g/mol. The highest BCUT2D eigenvalue weighted by Gasteiger charge is 2.41. The molecule has 0 bridgehead atoms. The van der Waals surface area contributed by atoms with Crippen molar-refractivity contribution in [2.45, 2.75) is 24.9 Å². The minimum Gasteiger partial charge on any atom is -0.496 e. The molecule has 0 fully saturated rings. The summed E-state index contributed by atoms with van der Waals surface area (Å²) < 4.78 is 71.0. The first kappa shape index (κ1) is 22.4. The second-order valence-corrected chi connectivity index (χ2v) is 8.16. The maximum absolute atomic E-state index is 14.1. The number of rotatable bonds is 4. The van der Waals surface area contributed by atoms with Gasteiger partial charge in [-0.25, -0.2) is 13.6 Å². The number of aryl methyl sites for hydroxylation is 1. The third kappa shape index (κ3) is 4.42. The molecule has 0 radical (unpaired) electrons. The molecule has 10 heteroatoms. The summed E-state index contributed by atoms with van der Waals surface area (Å²) in [6, 6.07) is 12.1. The molecule has 0 spiro atoms. The zero-order valence-corrected chi connectivity index (χ0v) is 17.6. The number of primary sulfonamides is 1. The van der Waals surface area contributed by atoms with Gasteiger partial charge in [0, 0.05) is 17.2 Å². The molecule has 6 nitrogen and oxygen atoms in total. The van der Waals surface area contributed by atoms with Crippen LogP contribution in [0.3, 0.4) is 0 Å². The van der Waals surface area contributed by atoms with Crippen LogP contribution in [0.2, 0.25) is 0 Å². The van der Waals surface area contributed by atoms with Crippen molar-refractivity contribution in [2.24, 2.45) is 5.14 Å². The highest BCUT2D eigenvalue weighted by atomic mass is 32.2. The number of alkyl halides is 3. The minimum absolute atomic E-state index is 0.000566. The average Bonchev–Trinajstić information content (AvgIpc) is 3.07. The van der Waals surface area contributed by atoms with Crippen molar-refractivity contribution in [2.75, 3.05) is 7.11 Å². The standard InChI is InChI=1S/C21H18F3N3O3S/c1-4-11-27-20(21(22,23)24)18(15-7-10-17(30-3)13(2)12-15)19(26-27)14-5-8-16(9-6-14)31(25,28)29/h5-10,12H,1-3H3,(H2,25,28,29). The van der Waals surface area contributed by atoms with Gasteiger partial charge in [-0.3, -0.25) is 0 Å². The van der Waals surface area contributed by atoms with E-state index in [0.717, 1.165) is 0 Å². The summed E-state index contributed by atoms with van der Waals surface area (Å²) in [5, 5.41) is 9.20. The van der Waals surface area contributed by atoms with Gasteiger partial charge >= 0.3 is 6.18 Å². The van der Waals surface area contributed by atoms with E-state index in [4.69, 9.17) is 9.88 Å². The van der Waals surface area contributed by atoms with E-state index < -0.39 is 21.9 Å². The Morgan fingerprint density at radius 2 is 1.71 bits per heavy atom. The molecule has 0 aliphatic carbocycles. The van der Waals surface area contributed by atoms with Crippen LogP contribution in [-0.4, -0.2) is 25.3 Å². The number of nitrogens with zero attached hydrogens (tertiary/aromatic N) is 2. The largest absolute Gasteiger partial charge is 0.496 e. The Labute approximate surface area is 177 Å². The molecule has 0 amide bonds. The van der Waals surface area contributed by atoms with Gasteiger partial charge in [0.1, 0.15) is 11.4 Å². The van der Waals surface area contributed by atoms with Crippen molar-refractivity contribution in [3.05, 3.63) is 53.7 Å². The van der Waals surface area contributed by atoms with Gasteiger partial charge in [-0.1, -0.05) is 24.1 Å². The lowest BCUT2D eigenvalue weighted by molar-refractivity contribution is -0.142. The number of hydrogen-bond acceptors (Lipinski definition) is 4. The first-order valence-corrected chi connectivity index (χ1v) is 10.4. The lowest BCUT2D eigenvalue weighted by Gasteiger charge is -2.12. The quantitative estimate of drug-likeness (QED) is 0.610. The Kier molecular flexibility index (Phi) is 5.85. The highest BCUT2D eigenvalue weighted by Crippen LogP contribution is 2.43. The molecule has 1 aromatic heterocycles. The fourth-order valence-corrected chi connectivity index (χ4v) is 3.69.